The van der Waals surface area contributed by atoms with Crippen LogP contribution in [0.1, 0.15) is 22.5 Å². The predicted octanol–water partition coefficient (Wildman–Crippen LogP) is 1.49. The second kappa shape index (κ2) is 7.35. The van der Waals surface area contributed by atoms with E-state index in [0.717, 1.165) is 6.42 Å². The molecule has 1 fully saturated rings. The summed E-state index contributed by atoms with van der Waals surface area (Å²) in [5.74, 6) is 0.620. The molecule has 7 nitrogen and oxygen atoms in total. The molecule has 1 aliphatic heterocycles. The third-order valence-electron chi connectivity index (χ3n) is 4.18. The van der Waals surface area contributed by atoms with E-state index >= 15 is 0 Å². The summed E-state index contributed by atoms with van der Waals surface area (Å²) in [6, 6.07) is 5.30. The molecule has 0 unspecified atom stereocenters. The third-order valence-corrected chi connectivity index (χ3v) is 4.18. The van der Waals surface area contributed by atoms with Crippen molar-refractivity contribution in [1.82, 2.24) is 20.1 Å². The van der Waals surface area contributed by atoms with Crippen molar-refractivity contribution in [2.45, 2.75) is 25.5 Å². The fourth-order valence-electron chi connectivity index (χ4n) is 2.86. The van der Waals surface area contributed by atoms with Crippen molar-refractivity contribution in [2.24, 2.45) is 0 Å². The van der Waals surface area contributed by atoms with Gasteiger partial charge in [0.1, 0.15) is 12.4 Å². The molecule has 0 saturated carbocycles. The Hall–Kier alpha value is -2.54. The summed E-state index contributed by atoms with van der Waals surface area (Å²) in [6.07, 6.45) is 5.63. The Morgan fingerprint density at radius 2 is 2.25 bits per heavy atom. The molecule has 3 rings (SSSR count). The molecule has 0 bridgehead atoms. The van der Waals surface area contributed by atoms with Gasteiger partial charge in [-0.2, -0.15) is 10.2 Å². The third kappa shape index (κ3) is 3.51. The van der Waals surface area contributed by atoms with Crippen molar-refractivity contribution < 1.29 is 14.3 Å². The number of nitrogens with zero attached hydrogens (tertiary/aromatic N) is 4. The molecule has 1 saturated heterocycles. The Morgan fingerprint density at radius 1 is 1.38 bits per heavy atom. The van der Waals surface area contributed by atoms with Crippen molar-refractivity contribution in [3.63, 3.8) is 0 Å². The number of rotatable bonds is 5. The topological polar surface area (TPSA) is 77.4 Å². The molecule has 0 aliphatic carbocycles. The van der Waals surface area contributed by atoms with Crippen molar-refractivity contribution in [1.29, 1.82) is 0 Å². The first-order valence-electron chi connectivity index (χ1n) is 7.84. The number of pyridine rings is 1. The molecule has 0 spiro atoms. The minimum atomic E-state index is -0.0678. The number of aryl methyl sites for hydroxylation is 1. The highest BCUT2D eigenvalue weighted by Crippen LogP contribution is 2.24. The first-order valence-corrected chi connectivity index (χ1v) is 7.84. The van der Waals surface area contributed by atoms with E-state index in [4.69, 9.17) is 9.47 Å². The van der Waals surface area contributed by atoms with Crippen LogP contribution in [0.5, 0.6) is 5.75 Å². The summed E-state index contributed by atoms with van der Waals surface area (Å²) < 4.78 is 11.2. The number of carbonyl (C=O) groups is 1. The zero-order chi connectivity index (χ0) is 16.9. The van der Waals surface area contributed by atoms with Gasteiger partial charge in [-0.1, -0.05) is 0 Å². The smallest absolute Gasteiger partial charge is 0.256 e. The molecule has 7 heteroatoms. The number of carbonyl (C=O) groups excluding carboxylic acids is 1. The Kier molecular flexibility index (Phi) is 5.00. The minimum Gasteiger partial charge on any atom is -0.490 e. The van der Waals surface area contributed by atoms with Gasteiger partial charge in [0.2, 0.25) is 0 Å². The number of amides is 1. The highest BCUT2D eigenvalue weighted by Gasteiger charge is 2.36. The van der Waals surface area contributed by atoms with Crippen molar-refractivity contribution in [3.05, 3.63) is 48.0 Å². The molecule has 0 radical (unpaired) electrons. The Bertz CT molecular complexity index is 695. The van der Waals surface area contributed by atoms with Crippen LogP contribution in [-0.4, -0.2) is 58.4 Å². The summed E-state index contributed by atoms with van der Waals surface area (Å²) in [7, 11) is 1.66. The average Bonchev–Trinajstić information content (AvgIpc) is 3.04. The van der Waals surface area contributed by atoms with Crippen LogP contribution in [0.3, 0.4) is 0 Å². The lowest BCUT2D eigenvalue weighted by Gasteiger charge is -2.24. The summed E-state index contributed by atoms with van der Waals surface area (Å²) in [5, 5.41) is 7.76. The van der Waals surface area contributed by atoms with Crippen LogP contribution < -0.4 is 4.74 Å². The van der Waals surface area contributed by atoms with Crippen LogP contribution in [0.25, 0.3) is 0 Å². The largest absolute Gasteiger partial charge is 0.490 e. The zero-order valence-corrected chi connectivity index (χ0v) is 13.8. The molecule has 0 aromatic carbocycles. The summed E-state index contributed by atoms with van der Waals surface area (Å²) in [5.41, 5.74) is 1.18. The summed E-state index contributed by atoms with van der Waals surface area (Å²) >= 11 is 0. The van der Waals surface area contributed by atoms with Gasteiger partial charge in [-0.25, -0.2) is 0 Å². The molecule has 0 N–H and O–H groups in total. The highest BCUT2D eigenvalue weighted by molar-refractivity contribution is 5.95. The maximum atomic E-state index is 12.9. The molecule has 2 atom stereocenters. The van der Waals surface area contributed by atoms with E-state index in [2.05, 4.69) is 15.2 Å². The van der Waals surface area contributed by atoms with Gasteiger partial charge in [-0.15, -0.1) is 0 Å². The molecular formula is C17H20N4O3. The van der Waals surface area contributed by atoms with Crippen LogP contribution in [0.4, 0.5) is 0 Å². The monoisotopic (exact) mass is 328 g/mol. The number of hydrogen-bond donors (Lipinski definition) is 0. The number of likely N-dealkylation sites (tertiary alicyclic amines) is 1. The Labute approximate surface area is 140 Å². The van der Waals surface area contributed by atoms with Gasteiger partial charge < -0.3 is 14.4 Å². The van der Waals surface area contributed by atoms with E-state index in [0.29, 0.717) is 30.2 Å². The van der Waals surface area contributed by atoms with Crippen molar-refractivity contribution >= 4 is 5.91 Å². The van der Waals surface area contributed by atoms with E-state index in [1.165, 1.54) is 6.20 Å². The molecule has 1 aliphatic rings. The van der Waals surface area contributed by atoms with E-state index in [9.17, 15) is 4.79 Å². The second-order valence-electron chi connectivity index (χ2n) is 5.73. The normalized spacial score (nSPS) is 20.2. The summed E-state index contributed by atoms with van der Waals surface area (Å²) in [6.45, 7) is 2.72. The van der Waals surface area contributed by atoms with Gasteiger partial charge in [0.05, 0.1) is 35.8 Å². The van der Waals surface area contributed by atoms with Gasteiger partial charge in [0.15, 0.2) is 0 Å². The van der Waals surface area contributed by atoms with E-state index < -0.39 is 0 Å². The van der Waals surface area contributed by atoms with Gasteiger partial charge in [-0.3, -0.25) is 9.78 Å². The first-order chi connectivity index (χ1) is 11.7. The van der Waals surface area contributed by atoms with Gasteiger partial charge in [0, 0.05) is 19.9 Å². The van der Waals surface area contributed by atoms with Crippen LogP contribution in [0.15, 0.2) is 36.8 Å². The minimum absolute atomic E-state index is 0.00607. The van der Waals surface area contributed by atoms with Crippen LogP contribution >= 0.6 is 0 Å². The van der Waals surface area contributed by atoms with Gasteiger partial charge in [-0.05, 0) is 31.5 Å². The zero-order valence-electron chi connectivity index (χ0n) is 13.8. The molecule has 2 aromatic heterocycles. The second-order valence-corrected chi connectivity index (χ2v) is 5.73. The number of aromatic nitrogens is 3. The average molecular weight is 328 g/mol. The Morgan fingerprint density at radius 3 is 2.96 bits per heavy atom. The van der Waals surface area contributed by atoms with E-state index in [1.54, 1.807) is 37.4 Å². The predicted molar refractivity (Wildman–Crippen MR) is 86.7 cm³/mol. The van der Waals surface area contributed by atoms with E-state index in [-0.39, 0.29) is 18.1 Å². The maximum Gasteiger partial charge on any atom is 0.256 e. The molecule has 1 amide bonds. The quantitative estimate of drug-likeness (QED) is 0.827. The van der Waals surface area contributed by atoms with E-state index in [1.807, 2.05) is 12.1 Å². The summed E-state index contributed by atoms with van der Waals surface area (Å²) in [4.78, 5) is 18.7. The number of hydrogen-bond acceptors (Lipinski definition) is 6. The van der Waals surface area contributed by atoms with Crippen molar-refractivity contribution in [2.75, 3.05) is 20.3 Å². The maximum absolute atomic E-state index is 12.9. The lowest BCUT2D eigenvalue weighted by molar-refractivity contribution is 0.0656. The number of methoxy groups -OCH3 is 1. The van der Waals surface area contributed by atoms with Crippen LogP contribution in [0, 0.1) is 6.92 Å². The standard InChI is InChI=1S/C17H20N4O3/c1-12-16(5-7-19-20-12)17(22)21-10-15(23-2)8-13(21)11-24-14-4-3-6-18-9-14/h3-7,9,13,15H,8,10-11H2,1-2H3/t13-,15+/m0/s1. The SMILES string of the molecule is CO[C@@H]1C[C@@H](COc2cccnc2)N(C(=O)c2ccnnc2C)C1. The first kappa shape index (κ1) is 16.3. The fraction of sp³-hybridized carbons (Fsp3) is 0.412. The van der Waals surface area contributed by atoms with Gasteiger partial charge in [0.25, 0.3) is 5.91 Å². The van der Waals surface area contributed by atoms with Crippen LogP contribution in [-0.2, 0) is 4.74 Å². The van der Waals surface area contributed by atoms with Crippen LogP contribution in [0.2, 0.25) is 0 Å². The highest BCUT2D eigenvalue weighted by atomic mass is 16.5. The molecular weight excluding hydrogens is 308 g/mol. The fourth-order valence-corrected chi connectivity index (χ4v) is 2.86. The molecule has 24 heavy (non-hydrogen) atoms. The van der Waals surface area contributed by atoms with Gasteiger partial charge >= 0.3 is 0 Å². The lowest BCUT2D eigenvalue weighted by Crippen LogP contribution is -2.39. The number of ether oxygens (including phenoxy) is 2. The van der Waals surface area contributed by atoms with Crippen molar-refractivity contribution in [3.8, 4) is 5.75 Å². The molecule has 126 valence electrons. The lowest BCUT2D eigenvalue weighted by atomic mass is 10.1. The molecule has 3 heterocycles. The molecule has 2 aromatic rings. The Balaban J connectivity index is 1.74.